The lowest BCUT2D eigenvalue weighted by atomic mass is 10.1. The van der Waals surface area contributed by atoms with Crippen molar-refractivity contribution >= 4 is 5.91 Å². The van der Waals surface area contributed by atoms with E-state index in [0.717, 1.165) is 36.7 Å². The van der Waals surface area contributed by atoms with Gasteiger partial charge in [-0.2, -0.15) is 5.10 Å². The Morgan fingerprint density at radius 3 is 2.50 bits per heavy atom. The Bertz CT molecular complexity index is 1250. The van der Waals surface area contributed by atoms with Crippen LogP contribution in [0.3, 0.4) is 0 Å². The highest BCUT2D eigenvalue weighted by molar-refractivity contribution is 5.80. The van der Waals surface area contributed by atoms with Crippen molar-refractivity contribution in [2.75, 3.05) is 33.0 Å². The van der Waals surface area contributed by atoms with Gasteiger partial charge in [0.25, 0.3) is 5.56 Å². The van der Waals surface area contributed by atoms with E-state index in [4.69, 9.17) is 9.47 Å². The third-order valence-corrected chi connectivity index (χ3v) is 6.22. The van der Waals surface area contributed by atoms with Crippen LogP contribution in [0, 0.1) is 5.82 Å². The Morgan fingerprint density at radius 1 is 1.00 bits per heavy atom. The third kappa shape index (κ3) is 4.51. The summed E-state index contributed by atoms with van der Waals surface area (Å²) in [6, 6.07) is 14.0. The highest BCUT2D eigenvalue weighted by atomic mass is 19.1. The minimum atomic E-state index is -0.742. The Kier molecular flexibility index (Phi) is 6.02. The lowest BCUT2D eigenvalue weighted by molar-refractivity contribution is -0.136. The number of nitrogens with zero attached hydrogens (tertiary/aromatic N) is 4. The SMILES string of the molecule is CC(C(=O)N1CCN(Cc2ccc3c(c2)OCO3)CC1)n1nc(-c2ccc(F)cc2)ccc1=O. The second-order valence-corrected chi connectivity index (χ2v) is 8.47. The second-order valence-electron chi connectivity index (χ2n) is 8.47. The number of fused-ring (bicyclic) bond motifs is 1. The molecule has 2 aliphatic heterocycles. The van der Waals surface area contributed by atoms with Gasteiger partial charge in [-0.25, -0.2) is 9.07 Å². The van der Waals surface area contributed by atoms with Gasteiger partial charge in [-0.15, -0.1) is 0 Å². The van der Waals surface area contributed by atoms with E-state index < -0.39 is 6.04 Å². The summed E-state index contributed by atoms with van der Waals surface area (Å²) in [5.41, 5.74) is 1.96. The molecule has 1 saturated heterocycles. The van der Waals surface area contributed by atoms with Crippen LogP contribution in [0.1, 0.15) is 18.5 Å². The molecule has 8 nitrogen and oxygen atoms in total. The molecule has 0 aliphatic carbocycles. The first kappa shape index (κ1) is 22.1. The molecule has 176 valence electrons. The summed E-state index contributed by atoms with van der Waals surface area (Å²) in [4.78, 5) is 29.7. The quantitative estimate of drug-likeness (QED) is 0.578. The molecule has 3 aromatic rings. The van der Waals surface area contributed by atoms with E-state index in [1.807, 2.05) is 18.2 Å². The van der Waals surface area contributed by atoms with Gasteiger partial charge in [0.05, 0.1) is 5.69 Å². The maximum atomic E-state index is 13.2. The topological polar surface area (TPSA) is 76.9 Å². The zero-order valence-corrected chi connectivity index (χ0v) is 18.8. The first-order chi connectivity index (χ1) is 16.5. The van der Waals surface area contributed by atoms with Crippen LogP contribution in [-0.4, -0.2) is 58.5 Å². The van der Waals surface area contributed by atoms with E-state index in [1.165, 1.54) is 22.9 Å². The number of halogens is 1. The molecule has 1 fully saturated rings. The molecule has 0 N–H and O–H groups in total. The molecule has 0 saturated carbocycles. The molecule has 0 radical (unpaired) electrons. The summed E-state index contributed by atoms with van der Waals surface area (Å²) < 4.78 is 25.3. The number of benzene rings is 2. The summed E-state index contributed by atoms with van der Waals surface area (Å²) in [6.45, 7) is 5.29. The van der Waals surface area contributed by atoms with Crippen LogP contribution < -0.4 is 15.0 Å². The molecule has 34 heavy (non-hydrogen) atoms. The zero-order valence-electron chi connectivity index (χ0n) is 18.8. The number of piperazine rings is 1. The fourth-order valence-corrected chi connectivity index (χ4v) is 4.27. The van der Waals surface area contributed by atoms with E-state index in [-0.39, 0.29) is 24.1 Å². The van der Waals surface area contributed by atoms with Crippen LogP contribution >= 0.6 is 0 Å². The average molecular weight is 464 g/mol. The summed E-state index contributed by atoms with van der Waals surface area (Å²) in [5, 5.41) is 4.39. The lowest BCUT2D eigenvalue weighted by Crippen LogP contribution is -2.50. The summed E-state index contributed by atoms with van der Waals surface area (Å²) in [7, 11) is 0. The van der Waals surface area contributed by atoms with Crippen molar-refractivity contribution < 1.29 is 18.7 Å². The molecule has 9 heteroatoms. The number of carbonyl (C=O) groups is 1. The minimum Gasteiger partial charge on any atom is -0.454 e. The van der Waals surface area contributed by atoms with E-state index >= 15 is 0 Å². The van der Waals surface area contributed by atoms with Gasteiger partial charge < -0.3 is 14.4 Å². The predicted octanol–water partition coefficient (Wildman–Crippen LogP) is 2.68. The van der Waals surface area contributed by atoms with Crippen LogP contribution in [0.25, 0.3) is 11.3 Å². The zero-order chi connectivity index (χ0) is 23.7. The molecule has 2 aliphatic rings. The molecule has 5 rings (SSSR count). The first-order valence-electron chi connectivity index (χ1n) is 11.2. The second kappa shape index (κ2) is 9.26. The molecule has 1 aromatic heterocycles. The molecule has 0 spiro atoms. The molecule has 1 unspecified atom stereocenters. The molecular formula is C25H25FN4O4. The fourth-order valence-electron chi connectivity index (χ4n) is 4.27. The Balaban J connectivity index is 1.23. The number of ether oxygens (including phenoxy) is 2. The van der Waals surface area contributed by atoms with Gasteiger partial charge in [-0.1, -0.05) is 6.07 Å². The van der Waals surface area contributed by atoms with E-state index in [0.29, 0.717) is 24.3 Å². The summed E-state index contributed by atoms with van der Waals surface area (Å²) in [6.07, 6.45) is 0. The van der Waals surface area contributed by atoms with Gasteiger partial charge in [-0.3, -0.25) is 14.5 Å². The average Bonchev–Trinajstić information content (AvgIpc) is 3.32. The number of carbonyl (C=O) groups excluding carboxylic acids is 1. The number of amides is 1. The van der Waals surface area contributed by atoms with Crippen LogP contribution in [0.4, 0.5) is 4.39 Å². The molecule has 3 heterocycles. The highest BCUT2D eigenvalue weighted by Crippen LogP contribution is 2.32. The molecule has 2 aromatic carbocycles. The highest BCUT2D eigenvalue weighted by Gasteiger charge is 2.27. The van der Waals surface area contributed by atoms with Crippen LogP contribution in [-0.2, 0) is 11.3 Å². The van der Waals surface area contributed by atoms with Crippen LogP contribution in [0.5, 0.6) is 11.5 Å². The Labute approximate surface area is 196 Å². The molecule has 1 amide bonds. The summed E-state index contributed by atoms with van der Waals surface area (Å²) in [5.74, 6) is 1.04. The monoisotopic (exact) mass is 464 g/mol. The van der Waals surface area contributed by atoms with Crippen molar-refractivity contribution in [3.05, 3.63) is 76.3 Å². The number of rotatable bonds is 5. The number of hydrogen-bond acceptors (Lipinski definition) is 6. The Hall–Kier alpha value is -3.72. The van der Waals surface area contributed by atoms with Crippen molar-refractivity contribution in [3.8, 4) is 22.8 Å². The van der Waals surface area contributed by atoms with E-state index in [1.54, 1.807) is 30.0 Å². The molecule has 1 atom stereocenters. The molecular weight excluding hydrogens is 439 g/mol. The maximum Gasteiger partial charge on any atom is 0.267 e. The van der Waals surface area contributed by atoms with Crippen molar-refractivity contribution in [2.45, 2.75) is 19.5 Å². The van der Waals surface area contributed by atoms with E-state index in [2.05, 4.69) is 10.00 Å². The number of hydrogen-bond donors (Lipinski definition) is 0. The lowest BCUT2D eigenvalue weighted by Gasteiger charge is -2.36. The minimum absolute atomic E-state index is 0.145. The standard InChI is InChI=1S/C25H25FN4O4/c1-17(30-24(31)9-7-21(27-30)19-3-5-20(26)6-4-19)25(32)29-12-10-28(11-13-29)15-18-2-8-22-23(14-18)34-16-33-22/h2-9,14,17H,10-13,15-16H2,1H3. The maximum absolute atomic E-state index is 13.2. The van der Waals surface area contributed by atoms with Crippen LogP contribution in [0.15, 0.2) is 59.4 Å². The normalized spacial score (nSPS) is 16.5. The van der Waals surface area contributed by atoms with Gasteiger partial charge in [0.1, 0.15) is 11.9 Å². The van der Waals surface area contributed by atoms with Crippen molar-refractivity contribution in [1.29, 1.82) is 0 Å². The molecule has 0 bridgehead atoms. The van der Waals surface area contributed by atoms with Crippen molar-refractivity contribution in [3.63, 3.8) is 0 Å². The third-order valence-electron chi connectivity index (χ3n) is 6.22. The smallest absolute Gasteiger partial charge is 0.267 e. The van der Waals surface area contributed by atoms with Crippen LogP contribution in [0.2, 0.25) is 0 Å². The van der Waals surface area contributed by atoms with Gasteiger partial charge in [0, 0.05) is 44.4 Å². The van der Waals surface area contributed by atoms with Crippen molar-refractivity contribution in [2.24, 2.45) is 0 Å². The van der Waals surface area contributed by atoms with Gasteiger partial charge in [-0.05, 0) is 55.0 Å². The first-order valence-corrected chi connectivity index (χ1v) is 11.2. The van der Waals surface area contributed by atoms with Gasteiger partial charge in [0.2, 0.25) is 12.7 Å². The van der Waals surface area contributed by atoms with Gasteiger partial charge in [0.15, 0.2) is 11.5 Å². The largest absolute Gasteiger partial charge is 0.454 e. The van der Waals surface area contributed by atoms with E-state index in [9.17, 15) is 14.0 Å². The predicted molar refractivity (Wildman–Crippen MR) is 123 cm³/mol. The van der Waals surface area contributed by atoms with Crippen molar-refractivity contribution in [1.82, 2.24) is 19.6 Å². The Morgan fingerprint density at radius 2 is 1.74 bits per heavy atom. The van der Waals surface area contributed by atoms with Gasteiger partial charge >= 0.3 is 0 Å². The fraction of sp³-hybridized carbons (Fsp3) is 0.320. The summed E-state index contributed by atoms with van der Waals surface area (Å²) >= 11 is 0. The number of aromatic nitrogens is 2.